The summed E-state index contributed by atoms with van der Waals surface area (Å²) in [5.74, 6) is -0.520. The van der Waals surface area contributed by atoms with Crippen LogP contribution >= 0.6 is 0 Å². The minimum atomic E-state index is -0.950. The molecule has 1 aromatic rings. The van der Waals surface area contributed by atoms with Gasteiger partial charge in [0.2, 0.25) is 0 Å². The summed E-state index contributed by atoms with van der Waals surface area (Å²) in [5, 5.41) is 9.40. The first-order valence-electron chi connectivity index (χ1n) is 7.83. The lowest BCUT2D eigenvalue weighted by molar-refractivity contribution is -0.141. The van der Waals surface area contributed by atoms with Crippen molar-refractivity contribution in [1.29, 1.82) is 0 Å². The molecule has 1 aromatic heterocycles. The Morgan fingerprint density at radius 1 is 1.36 bits per heavy atom. The second-order valence-electron chi connectivity index (χ2n) is 6.42. The number of hydrogen-bond acceptors (Lipinski definition) is 3. The van der Waals surface area contributed by atoms with E-state index in [2.05, 4.69) is 0 Å². The number of aromatic nitrogens is 1. The zero-order chi connectivity index (χ0) is 15.7. The van der Waals surface area contributed by atoms with E-state index in [1.807, 2.05) is 4.90 Å². The lowest BCUT2D eigenvalue weighted by Gasteiger charge is -2.34. The van der Waals surface area contributed by atoms with Crippen molar-refractivity contribution in [3.05, 3.63) is 34.2 Å². The molecule has 1 N–H and O–H groups in total. The number of aliphatic carboxylic acids is 1. The average molecular weight is 308 g/mol. The van der Waals surface area contributed by atoms with Crippen molar-refractivity contribution in [2.75, 3.05) is 19.6 Å². The highest BCUT2D eigenvalue weighted by molar-refractivity contribution is 5.71. The molecular weight excluding hydrogens is 287 g/mol. The lowest BCUT2D eigenvalue weighted by Crippen LogP contribution is -2.48. The predicted molar refractivity (Wildman–Crippen MR) is 79.8 cm³/mol. The Morgan fingerprint density at radius 2 is 2.09 bits per heavy atom. The minimum absolute atomic E-state index is 0.274. The van der Waals surface area contributed by atoms with Crippen molar-refractivity contribution in [2.24, 2.45) is 5.92 Å². The third kappa shape index (κ3) is 3.55. The molecule has 3 rings (SSSR count). The van der Waals surface area contributed by atoms with E-state index in [4.69, 9.17) is 0 Å². The van der Waals surface area contributed by atoms with Crippen molar-refractivity contribution in [3.63, 3.8) is 0 Å². The van der Waals surface area contributed by atoms with Gasteiger partial charge in [-0.25, -0.2) is 9.18 Å². The molecule has 2 aliphatic rings. The fourth-order valence-electron chi connectivity index (χ4n) is 2.92. The Kier molecular flexibility index (Phi) is 4.29. The third-order valence-corrected chi connectivity index (χ3v) is 4.50. The van der Waals surface area contributed by atoms with Crippen molar-refractivity contribution in [1.82, 2.24) is 9.47 Å². The van der Waals surface area contributed by atoms with Crippen LogP contribution in [0.25, 0.3) is 0 Å². The van der Waals surface area contributed by atoms with Crippen LogP contribution in [-0.2, 0) is 11.2 Å². The van der Waals surface area contributed by atoms with Crippen molar-refractivity contribution in [2.45, 2.75) is 37.9 Å². The molecule has 1 saturated carbocycles. The Morgan fingerprint density at radius 3 is 2.68 bits per heavy atom. The number of nitrogens with zero attached hydrogens (tertiary/aromatic N) is 2. The van der Waals surface area contributed by atoms with Crippen molar-refractivity contribution in [3.8, 4) is 0 Å². The van der Waals surface area contributed by atoms with Crippen LogP contribution in [0.5, 0.6) is 0 Å². The topological polar surface area (TPSA) is 62.5 Å². The van der Waals surface area contributed by atoms with Gasteiger partial charge in [-0.15, -0.1) is 0 Å². The van der Waals surface area contributed by atoms with Crippen LogP contribution in [0.15, 0.2) is 23.1 Å². The van der Waals surface area contributed by atoms with Gasteiger partial charge >= 0.3 is 5.97 Å². The van der Waals surface area contributed by atoms with E-state index < -0.39 is 18.2 Å². The smallest absolute Gasteiger partial charge is 0.326 e. The first-order valence-corrected chi connectivity index (χ1v) is 7.83. The van der Waals surface area contributed by atoms with Gasteiger partial charge in [-0.3, -0.25) is 9.69 Å². The van der Waals surface area contributed by atoms with Gasteiger partial charge in [0.1, 0.15) is 12.2 Å². The molecule has 22 heavy (non-hydrogen) atoms. The van der Waals surface area contributed by atoms with Crippen LogP contribution in [0.3, 0.4) is 0 Å². The van der Waals surface area contributed by atoms with E-state index in [0.717, 1.165) is 24.9 Å². The molecule has 0 amide bonds. The summed E-state index contributed by atoms with van der Waals surface area (Å²) in [6.07, 6.45) is 4.27. The second-order valence-corrected chi connectivity index (χ2v) is 6.42. The van der Waals surface area contributed by atoms with Gasteiger partial charge in [0.25, 0.3) is 5.56 Å². The molecule has 120 valence electrons. The molecule has 5 nitrogen and oxygen atoms in total. The van der Waals surface area contributed by atoms with Gasteiger partial charge in [0, 0.05) is 31.9 Å². The van der Waals surface area contributed by atoms with E-state index in [9.17, 15) is 19.1 Å². The van der Waals surface area contributed by atoms with Crippen LogP contribution in [0.1, 0.15) is 30.9 Å². The van der Waals surface area contributed by atoms with Crippen molar-refractivity contribution < 1.29 is 14.3 Å². The first kappa shape index (κ1) is 15.2. The number of pyridine rings is 1. The Bertz CT molecular complexity index is 606. The fraction of sp³-hybridized carbons (Fsp3) is 0.625. The Hall–Kier alpha value is -1.69. The Balaban J connectivity index is 1.70. The molecule has 0 aromatic carbocycles. The summed E-state index contributed by atoms with van der Waals surface area (Å²) >= 11 is 0. The van der Waals surface area contributed by atoms with E-state index >= 15 is 0 Å². The lowest BCUT2D eigenvalue weighted by atomic mass is 10.1. The predicted octanol–water partition coefficient (Wildman–Crippen LogP) is 1.47. The highest BCUT2D eigenvalue weighted by Crippen LogP contribution is 2.36. The molecule has 0 spiro atoms. The molecule has 1 aliphatic carbocycles. The zero-order valence-electron chi connectivity index (χ0n) is 12.4. The highest BCUT2D eigenvalue weighted by Gasteiger charge is 2.31. The van der Waals surface area contributed by atoms with Gasteiger partial charge in [0.05, 0.1) is 0 Å². The van der Waals surface area contributed by atoms with E-state index in [1.54, 1.807) is 12.3 Å². The van der Waals surface area contributed by atoms with Crippen molar-refractivity contribution >= 4 is 5.97 Å². The summed E-state index contributed by atoms with van der Waals surface area (Å²) < 4.78 is 14.1. The summed E-state index contributed by atoms with van der Waals surface area (Å²) in [7, 11) is 0. The maximum absolute atomic E-state index is 12.8. The van der Waals surface area contributed by atoms with Gasteiger partial charge in [0.15, 0.2) is 0 Å². The number of carbonyl (C=O) groups is 1. The second kappa shape index (κ2) is 6.20. The quantitative estimate of drug-likeness (QED) is 0.828. The molecule has 1 atom stereocenters. The summed E-state index contributed by atoms with van der Waals surface area (Å²) in [4.78, 5) is 25.5. The maximum atomic E-state index is 12.8. The van der Waals surface area contributed by atoms with Gasteiger partial charge < -0.3 is 9.67 Å². The van der Waals surface area contributed by atoms with Crippen LogP contribution < -0.4 is 5.56 Å². The standard InChI is InChI=1S/C16H21FN2O3/c17-13-9-18(10-13)6-5-12-3-4-15(20)19(8-12)14(16(21)22)7-11-1-2-11/h3-4,8,11,13-14H,1-2,5-7,9-10H2,(H,21,22). The average Bonchev–Trinajstić information content (AvgIpc) is 3.25. The van der Waals surface area contributed by atoms with Gasteiger partial charge in [-0.2, -0.15) is 0 Å². The number of carboxylic acids is 1. The largest absolute Gasteiger partial charge is 0.480 e. The molecule has 1 aliphatic heterocycles. The molecule has 0 radical (unpaired) electrons. The maximum Gasteiger partial charge on any atom is 0.326 e. The Labute approximate surface area is 128 Å². The fourth-order valence-corrected chi connectivity index (χ4v) is 2.92. The van der Waals surface area contributed by atoms with Crippen LogP contribution in [0.4, 0.5) is 4.39 Å². The molecule has 2 heterocycles. The number of alkyl halides is 1. The van der Waals surface area contributed by atoms with E-state index in [0.29, 0.717) is 31.8 Å². The summed E-state index contributed by atoms with van der Waals surface area (Å²) in [5.41, 5.74) is 0.647. The normalized spacial score (nSPS) is 20.6. The highest BCUT2D eigenvalue weighted by atomic mass is 19.1. The SMILES string of the molecule is O=C(O)C(CC1CC1)n1cc(CCN2CC(F)C2)ccc1=O. The first-order chi connectivity index (χ1) is 10.5. The monoisotopic (exact) mass is 308 g/mol. The molecule has 1 unspecified atom stereocenters. The molecule has 0 bridgehead atoms. The van der Waals surface area contributed by atoms with Crippen LogP contribution in [0, 0.1) is 5.92 Å². The minimum Gasteiger partial charge on any atom is -0.480 e. The van der Waals surface area contributed by atoms with Gasteiger partial charge in [-0.05, 0) is 24.3 Å². The van der Waals surface area contributed by atoms with Crippen LogP contribution in [0.2, 0.25) is 0 Å². The molecule has 1 saturated heterocycles. The molecule has 2 fully saturated rings. The number of halogens is 1. The number of hydrogen-bond donors (Lipinski definition) is 1. The van der Waals surface area contributed by atoms with Crippen LogP contribution in [-0.4, -0.2) is 46.3 Å². The van der Waals surface area contributed by atoms with Gasteiger partial charge in [-0.1, -0.05) is 18.9 Å². The molecule has 6 heteroatoms. The van der Waals surface area contributed by atoms with E-state index in [-0.39, 0.29) is 5.56 Å². The third-order valence-electron chi connectivity index (χ3n) is 4.50. The number of likely N-dealkylation sites (tertiary alicyclic amines) is 1. The van der Waals surface area contributed by atoms with E-state index in [1.165, 1.54) is 10.6 Å². The molecular formula is C16H21FN2O3. The zero-order valence-corrected chi connectivity index (χ0v) is 12.4. The summed E-state index contributed by atoms with van der Waals surface area (Å²) in [6.45, 7) is 1.68. The summed E-state index contributed by atoms with van der Waals surface area (Å²) in [6, 6.07) is 2.40. The number of rotatable bonds is 7. The number of carboxylic acid groups (broad SMARTS) is 1.